The molecule has 6 heteroatoms. The molecule has 38 heavy (non-hydrogen) atoms. The van der Waals surface area contributed by atoms with Gasteiger partial charge in [0.15, 0.2) is 0 Å². The molecule has 0 atom stereocenters. The van der Waals surface area contributed by atoms with Gasteiger partial charge in [-0.15, -0.1) is 34.0 Å². The van der Waals surface area contributed by atoms with E-state index < -0.39 is 0 Å². The smallest absolute Gasteiger partial charge is 0.0603 e. The first-order valence-electron chi connectivity index (χ1n) is 15.1. The van der Waals surface area contributed by atoms with E-state index >= 15 is 0 Å². The van der Waals surface area contributed by atoms with Crippen LogP contribution in [0.15, 0.2) is 59.0 Å². The molecule has 0 radical (unpaired) electrons. The Balaban J connectivity index is 0.00000684. The molecule has 2 aromatic rings. The van der Waals surface area contributed by atoms with Gasteiger partial charge in [0.25, 0.3) is 0 Å². The normalized spacial score (nSPS) is 10.5. The fourth-order valence-electron chi connectivity index (χ4n) is 4.55. The lowest BCUT2D eigenvalue weighted by Crippen LogP contribution is -2.06. The molecular formula is C32H56Br2N4. The molecule has 0 aliphatic heterocycles. The summed E-state index contributed by atoms with van der Waals surface area (Å²) in [6.07, 6.45) is 29.7. The minimum Gasteiger partial charge on any atom is -0.354 e. The van der Waals surface area contributed by atoms with Gasteiger partial charge in [-0.05, 0) is 49.9 Å². The molecule has 218 valence electrons. The first-order chi connectivity index (χ1) is 17.8. The van der Waals surface area contributed by atoms with Crippen LogP contribution in [0.5, 0.6) is 0 Å². The lowest BCUT2D eigenvalue weighted by Gasteiger charge is -2.07. The van der Waals surface area contributed by atoms with Gasteiger partial charge in [0.05, 0.1) is 10.7 Å². The Morgan fingerprint density at radius 3 is 1.11 bits per heavy atom. The molecule has 2 heterocycles. The first kappa shape index (κ1) is 36.9. The minimum absolute atomic E-state index is 0. The molecule has 0 N–H and O–H groups in total. The number of hydrogen-bond donors (Lipinski definition) is 0. The van der Waals surface area contributed by atoms with Crippen LogP contribution < -0.4 is 10.7 Å². The Kier molecular flexibility index (Phi) is 25.3. The second-order valence-corrected chi connectivity index (χ2v) is 10.3. The fraction of sp³-hybridized carbons (Fsp3) is 0.688. The average Bonchev–Trinajstić information content (AvgIpc) is 2.91. The summed E-state index contributed by atoms with van der Waals surface area (Å²) in [5.41, 5.74) is 0. The number of halogens is 2. The lowest BCUT2D eigenvalue weighted by atomic mass is 10.1. The molecule has 0 aliphatic carbocycles. The van der Waals surface area contributed by atoms with E-state index in [1.807, 2.05) is 0 Å². The van der Waals surface area contributed by atoms with Gasteiger partial charge in [0.2, 0.25) is 0 Å². The second-order valence-electron chi connectivity index (χ2n) is 10.3. The molecule has 0 aromatic carbocycles. The van der Waals surface area contributed by atoms with Crippen molar-refractivity contribution >= 4 is 34.0 Å². The van der Waals surface area contributed by atoms with Crippen LogP contribution in [0.2, 0.25) is 0 Å². The van der Waals surface area contributed by atoms with Gasteiger partial charge < -0.3 is 9.13 Å². The zero-order chi connectivity index (χ0) is 25.5. The summed E-state index contributed by atoms with van der Waals surface area (Å²) in [4.78, 5) is 9.38. The summed E-state index contributed by atoms with van der Waals surface area (Å²) in [7, 11) is 0. The van der Waals surface area contributed by atoms with E-state index in [0.717, 1.165) is 36.9 Å². The number of hydrogen-bond acceptors (Lipinski definition) is 2. The first-order valence-corrected chi connectivity index (χ1v) is 15.1. The Hall–Kier alpha value is -1.14. The van der Waals surface area contributed by atoms with E-state index in [1.54, 1.807) is 0 Å². The van der Waals surface area contributed by atoms with Gasteiger partial charge in [0, 0.05) is 51.0 Å². The number of pyridine rings is 2. The van der Waals surface area contributed by atoms with Crippen molar-refractivity contribution in [3.63, 3.8) is 0 Å². The highest BCUT2D eigenvalue weighted by Gasteiger charge is 1.95. The zero-order valence-electron chi connectivity index (χ0n) is 24.4. The van der Waals surface area contributed by atoms with Crippen molar-refractivity contribution in [2.24, 2.45) is 9.98 Å². The lowest BCUT2D eigenvalue weighted by molar-refractivity contribution is 0.524. The van der Waals surface area contributed by atoms with Crippen LogP contribution in [0, 0.1) is 0 Å². The summed E-state index contributed by atoms with van der Waals surface area (Å²) in [5.74, 6) is 0. The van der Waals surface area contributed by atoms with Crippen molar-refractivity contribution in [3.05, 3.63) is 59.8 Å². The number of rotatable bonds is 21. The van der Waals surface area contributed by atoms with Crippen LogP contribution in [0.4, 0.5) is 0 Å². The summed E-state index contributed by atoms with van der Waals surface area (Å²) in [5, 5.41) is 2.25. The van der Waals surface area contributed by atoms with E-state index in [-0.39, 0.29) is 34.0 Å². The van der Waals surface area contributed by atoms with E-state index in [9.17, 15) is 0 Å². The van der Waals surface area contributed by atoms with Crippen molar-refractivity contribution in [2.45, 2.75) is 130 Å². The predicted molar refractivity (Wildman–Crippen MR) is 176 cm³/mol. The maximum absolute atomic E-state index is 4.69. The standard InChI is InChI=1S/C32H54N4.2BrH/c1-3-5-7-15-23-33-31-19-27-35(28-20-31)25-17-13-11-9-10-12-14-18-26-36-29-21-32(22-30-36)34-24-16-8-6-4-2;;/h19-22,27-30H,3-18,23-26H2,1-2H3;2*1H. The predicted octanol–water partition coefficient (Wildman–Crippen LogP) is 9.23. The van der Waals surface area contributed by atoms with Crippen molar-refractivity contribution < 1.29 is 0 Å². The third kappa shape index (κ3) is 19.0. The summed E-state index contributed by atoms with van der Waals surface area (Å²) < 4.78 is 4.62. The molecular weight excluding hydrogens is 600 g/mol. The molecule has 0 bridgehead atoms. The highest BCUT2D eigenvalue weighted by atomic mass is 79.9. The van der Waals surface area contributed by atoms with Crippen LogP contribution in [0.1, 0.15) is 117 Å². The van der Waals surface area contributed by atoms with Crippen molar-refractivity contribution in [2.75, 3.05) is 13.1 Å². The van der Waals surface area contributed by atoms with Crippen molar-refractivity contribution in [1.82, 2.24) is 9.13 Å². The SMILES string of the molecule is Br.Br.CCCCCCN=c1ccn(CCCCCCCCCCn2ccc(=NCCCCCC)cc2)cc1. The van der Waals surface area contributed by atoms with Gasteiger partial charge in [0.1, 0.15) is 0 Å². The van der Waals surface area contributed by atoms with Crippen LogP contribution in [0.25, 0.3) is 0 Å². The Bertz CT molecular complexity index is 804. The van der Waals surface area contributed by atoms with E-state index in [1.165, 1.54) is 103 Å². The third-order valence-electron chi connectivity index (χ3n) is 6.94. The summed E-state index contributed by atoms with van der Waals surface area (Å²) >= 11 is 0. The van der Waals surface area contributed by atoms with Gasteiger partial charge >= 0.3 is 0 Å². The van der Waals surface area contributed by atoms with Gasteiger partial charge in [-0.2, -0.15) is 0 Å². The minimum atomic E-state index is 0. The monoisotopic (exact) mass is 654 g/mol. The topological polar surface area (TPSA) is 34.6 Å². The molecule has 0 unspecified atom stereocenters. The van der Waals surface area contributed by atoms with Crippen LogP contribution in [-0.4, -0.2) is 22.2 Å². The van der Waals surface area contributed by atoms with Crippen LogP contribution in [-0.2, 0) is 13.1 Å². The highest BCUT2D eigenvalue weighted by Crippen LogP contribution is 2.10. The van der Waals surface area contributed by atoms with Gasteiger partial charge in [-0.25, -0.2) is 0 Å². The molecule has 0 saturated heterocycles. The maximum Gasteiger partial charge on any atom is 0.0603 e. The van der Waals surface area contributed by atoms with Crippen molar-refractivity contribution in [1.29, 1.82) is 0 Å². The number of nitrogens with zero attached hydrogens (tertiary/aromatic N) is 4. The molecule has 4 nitrogen and oxygen atoms in total. The van der Waals surface area contributed by atoms with Crippen molar-refractivity contribution in [3.8, 4) is 0 Å². The maximum atomic E-state index is 4.69. The average molecular weight is 657 g/mol. The fourth-order valence-corrected chi connectivity index (χ4v) is 4.55. The van der Waals surface area contributed by atoms with E-state index in [2.05, 4.69) is 82.0 Å². The quantitative estimate of drug-likeness (QED) is 0.120. The number of unbranched alkanes of at least 4 members (excludes halogenated alkanes) is 13. The van der Waals surface area contributed by atoms with Crippen LogP contribution in [0.3, 0.4) is 0 Å². The van der Waals surface area contributed by atoms with Gasteiger partial charge in [-0.1, -0.05) is 90.9 Å². The molecule has 2 aromatic heterocycles. The molecule has 0 saturated carbocycles. The number of aryl methyl sites for hydroxylation is 2. The van der Waals surface area contributed by atoms with Crippen LogP contribution >= 0.6 is 34.0 Å². The third-order valence-corrected chi connectivity index (χ3v) is 6.94. The Morgan fingerprint density at radius 2 is 0.763 bits per heavy atom. The largest absolute Gasteiger partial charge is 0.354 e. The molecule has 0 spiro atoms. The van der Waals surface area contributed by atoms with E-state index in [0.29, 0.717) is 0 Å². The van der Waals surface area contributed by atoms with E-state index in [4.69, 9.17) is 0 Å². The number of aromatic nitrogens is 2. The Labute approximate surface area is 254 Å². The molecule has 0 aliphatic rings. The summed E-state index contributed by atoms with van der Waals surface area (Å²) in [6, 6.07) is 8.66. The Morgan fingerprint density at radius 1 is 0.447 bits per heavy atom. The van der Waals surface area contributed by atoms with Gasteiger partial charge in [-0.3, -0.25) is 9.98 Å². The second kappa shape index (κ2) is 26.1. The molecule has 2 rings (SSSR count). The zero-order valence-corrected chi connectivity index (χ0v) is 27.8. The highest BCUT2D eigenvalue weighted by molar-refractivity contribution is 8.93. The molecule has 0 fully saturated rings. The summed E-state index contributed by atoms with van der Waals surface area (Å²) in [6.45, 7) is 8.68. The molecule has 0 amide bonds.